The minimum atomic E-state index is 0.109. The number of hydrogen-bond donors (Lipinski definition) is 0. The summed E-state index contributed by atoms with van der Waals surface area (Å²) >= 11 is 0. The van der Waals surface area contributed by atoms with E-state index in [0.29, 0.717) is 0 Å². The van der Waals surface area contributed by atoms with E-state index in [0.717, 1.165) is 6.54 Å². The molecule has 1 spiro atoms. The lowest BCUT2D eigenvalue weighted by Crippen LogP contribution is -2.22. The third-order valence-corrected chi connectivity index (χ3v) is 2.60. The maximum Gasteiger partial charge on any atom is 0.250 e. The topological polar surface area (TPSA) is 20.3 Å². The van der Waals surface area contributed by atoms with Gasteiger partial charge in [0, 0.05) is 24.2 Å². The van der Waals surface area contributed by atoms with Gasteiger partial charge in [-0.2, -0.15) is 0 Å². The van der Waals surface area contributed by atoms with Crippen molar-refractivity contribution in [3.05, 3.63) is 24.4 Å². The molecule has 0 aromatic rings. The first-order chi connectivity index (χ1) is 5.76. The van der Waals surface area contributed by atoms with E-state index in [9.17, 15) is 4.79 Å². The second-order valence-electron chi connectivity index (χ2n) is 3.51. The number of amides is 1. The lowest BCUT2D eigenvalue weighted by atomic mass is 10.1. The Morgan fingerprint density at radius 2 is 2.25 bits per heavy atom. The number of carbonyl (C=O) groups excluding carboxylic acids is 1. The van der Waals surface area contributed by atoms with Crippen LogP contribution >= 0.6 is 0 Å². The Morgan fingerprint density at radius 1 is 1.50 bits per heavy atom. The fourth-order valence-corrected chi connectivity index (χ4v) is 1.44. The first kappa shape index (κ1) is 7.59. The molecule has 1 heterocycles. The van der Waals surface area contributed by atoms with Gasteiger partial charge in [-0.05, 0) is 19.8 Å². The number of hydrogen-bond acceptors (Lipinski definition) is 1. The second-order valence-corrected chi connectivity index (χ2v) is 3.51. The van der Waals surface area contributed by atoms with Gasteiger partial charge in [-0.25, -0.2) is 0 Å². The van der Waals surface area contributed by atoms with E-state index < -0.39 is 0 Å². The van der Waals surface area contributed by atoms with E-state index in [1.54, 1.807) is 11.0 Å². The Kier molecular flexibility index (Phi) is 1.56. The highest BCUT2D eigenvalue weighted by molar-refractivity contribution is 5.89. The summed E-state index contributed by atoms with van der Waals surface area (Å²) in [6, 6.07) is 0. The molecule has 0 bridgehead atoms. The molecule has 1 aliphatic heterocycles. The molecule has 0 unspecified atom stereocenters. The fraction of sp³-hybridized carbons (Fsp3) is 0.500. The van der Waals surface area contributed by atoms with E-state index >= 15 is 0 Å². The zero-order chi connectivity index (χ0) is 8.60. The summed E-state index contributed by atoms with van der Waals surface area (Å²) in [5.74, 6) is 0.109. The van der Waals surface area contributed by atoms with E-state index in [-0.39, 0.29) is 11.3 Å². The van der Waals surface area contributed by atoms with Crippen molar-refractivity contribution in [3.63, 3.8) is 0 Å². The number of nitrogens with zero attached hydrogens (tertiary/aromatic N) is 1. The quantitative estimate of drug-likeness (QED) is 0.576. The molecule has 1 aliphatic carbocycles. The van der Waals surface area contributed by atoms with Crippen LogP contribution in [-0.4, -0.2) is 17.4 Å². The number of allylic oxidation sites excluding steroid dienone is 2. The predicted molar refractivity (Wildman–Crippen MR) is 47.3 cm³/mol. The van der Waals surface area contributed by atoms with E-state index in [2.05, 4.69) is 6.08 Å². The van der Waals surface area contributed by atoms with Crippen LogP contribution in [0.2, 0.25) is 0 Å². The number of rotatable bonds is 1. The van der Waals surface area contributed by atoms with Crippen LogP contribution in [0.1, 0.15) is 19.8 Å². The molecule has 1 amide bonds. The van der Waals surface area contributed by atoms with Crippen molar-refractivity contribution in [2.45, 2.75) is 19.8 Å². The van der Waals surface area contributed by atoms with Crippen molar-refractivity contribution < 1.29 is 4.79 Å². The average molecular weight is 163 g/mol. The zero-order valence-electron chi connectivity index (χ0n) is 7.29. The summed E-state index contributed by atoms with van der Waals surface area (Å²) in [4.78, 5) is 13.1. The van der Waals surface area contributed by atoms with Gasteiger partial charge in [0.25, 0.3) is 0 Å². The van der Waals surface area contributed by atoms with Crippen molar-refractivity contribution >= 4 is 5.91 Å². The SMILES string of the molecule is CCN1C=CC2(C=CC1=O)CC2. The molecule has 0 N–H and O–H groups in total. The highest BCUT2D eigenvalue weighted by atomic mass is 16.2. The molecule has 2 aliphatic rings. The smallest absolute Gasteiger partial charge is 0.250 e. The number of likely N-dealkylation sites (N-methyl/N-ethyl adjacent to an activating group) is 1. The first-order valence-corrected chi connectivity index (χ1v) is 4.45. The summed E-state index contributed by atoms with van der Waals surface area (Å²) in [7, 11) is 0. The van der Waals surface area contributed by atoms with Crippen LogP contribution in [0.4, 0.5) is 0 Å². The molecule has 0 saturated heterocycles. The summed E-state index contributed by atoms with van der Waals surface area (Å²) in [6.07, 6.45) is 10.2. The van der Waals surface area contributed by atoms with Crippen LogP contribution < -0.4 is 0 Å². The standard InChI is InChI=1S/C10H13NO/c1-2-11-8-7-10(5-6-10)4-3-9(11)12/h3-4,7-8H,2,5-6H2,1H3. The molecule has 0 aromatic heterocycles. The minimum absolute atomic E-state index is 0.109. The molecular formula is C10H13NO. The molecule has 12 heavy (non-hydrogen) atoms. The molecule has 0 radical (unpaired) electrons. The second kappa shape index (κ2) is 2.47. The number of carbonyl (C=O) groups is 1. The molecule has 2 heteroatoms. The fourth-order valence-electron chi connectivity index (χ4n) is 1.44. The molecule has 1 fully saturated rings. The van der Waals surface area contributed by atoms with Crippen LogP contribution in [0.5, 0.6) is 0 Å². The van der Waals surface area contributed by atoms with Gasteiger partial charge in [0.05, 0.1) is 0 Å². The molecule has 1 saturated carbocycles. The molecule has 2 rings (SSSR count). The monoisotopic (exact) mass is 163 g/mol. The Morgan fingerprint density at radius 3 is 2.83 bits per heavy atom. The van der Waals surface area contributed by atoms with Crippen LogP contribution in [0.15, 0.2) is 24.4 Å². The summed E-state index contributed by atoms with van der Waals surface area (Å²) < 4.78 is 0. The lowest BCUT2D eigenvalue weighted by molar-refractivity contribution is -0.123. The largest absolute Gasteiger partial charge is 0.316 e. The normalized spacial score (nSPS) is 24.8. The van der Waals surface area contributed by atoms with Gasteiger partial charge < -0.3 is 4.90 Å². The summed E-state index contributed by atoms with van der Waals surface area (Å²) in [5, 5.41) is 0. The molecular weight excluding hydrogens is 150 g/mol. The van der Waals surface area contributed by atoms with E-state index in [1.807, 2.05) is 19.2 Å². The highest BCUT2D eigenvalue weighted by Crippen LogP contribution is 2.49. The Balaban J connectivity index is 2.23. The first-order valence-electron chi connectivity index (χ1n) is 4.45. The van der Waals surface area contributed by atoms with Gasteiger partial charge in [0.1, 0.15) is 0 Å². The average Bonchev–Trinajstić information content (AvgIpc) is 2.84. The van der Waals surface area contributed by atoms with Gasteiger partial charge in [0.2, 0.25) is 5.91 Å². The minimum Gasteiger partial charge on any atom is -0.316 e. The Labute approximate surface area is 72.6 Å². The van der Waals surface area contributed by atoms with E-state index in [4.69, 9.17) is 0 Å². The van der Waals surface area contributed by atoms with Gasteiger partial charge in [-0.15, -0.1) is 0 Å². The third-order valence-electron chi connectivity index (χ3n) is 2.60. The summed E-state index contributed by atoms with van der Waals surface area (Å²) in [5.41, 5.74) is 0.250. The molecule has 2 nitrogen and oxygen atoms in total. The Hall–Kier alpha value is -1.05. The van der Waals surface area contributed by atoms with Gasteiger partial charge in [-0.1, -0.05) is 12.2 Å². The highest BCUT2D eigenvalue weighted by Gasteiger charge is 2.38. The van der Waals surface area contributed by atoms with Crippen molar-refractivity contribution in [3.8, 4) is 0 Å². The van der Waals surface area contributed by atoms with Crippen molar-refractivity contribution in [1.29, 1.82) is 0 Å². The van der Waals surface area contributed by atoms with Crippen LogP contribution in [0, 0.1) is 5.41 Å². The van der Waals surface area contributed by atoms with Crippen molar-refractivity contribution in [1.82, 2.24) is 4.90 Å². The maximum absolute atomic E-state index is 11.3. The third kappa shape index (κ3) is 1.17. The van der Waals surface area contributed by atoms with Crippen LogP contribution in [0.3, 0.4) is 0 Å². The molecule has 0 aromatic carbocycles. The van der Waals surface area contributed by atoms with Gasteiger partial charge in [-0.3, -0.25) is 4.79 Å². The van der Waals surface area contributed by atoms with Crippen molar-refractivity contribution in [2.24, 2.45) is 5.41 Å². The summed E-state index contributed by atoms with van der Waals surface area (Å²) in [6.45, 7) is 2.75. The maximum atomic E-state index is 11.3. The lowest BCUT2D eigenvalue weighted by Gasteiger charge is -2.11. The van der Waals surface area contributed by atoms with Gasteiger partial charge in [0.15, 0.2) is 0 Å². The molecule has 0 atom stereocenters. The zero-order valence-corrected chi connectivity index (χ0v) is 7.29. The molecule has 64 valence electrons. The Bertz CT molecular complexity index is 261. The van der Waals surface area contributed by atoms with Crippen molar-refractivity contribution in [2.75, 3.05) is 6.54 Å². The van der Waals surface area contributed by atoms with Gasteiger partial charge >= 0.3 is 0 Å². The van der Waals surface area contributed by atoms with Crippen LogP contribution in [-0.2, 0) is 4.79 Å². The van der Waals surface area contributed by atoms with E-state index in [1.165, 1.54) is 12.8 Å². The predicted octanol–water partition coefficient (Wildman–Crippen LogP) is 1.70. The van der Waals surface area contributed by atoms with Crippen LogP contribution in [0.25, 0.3) is 0 Å².